The van der Waals surface area contributed by atoms with Crippen LogP contribution in [0.3, 0.4) is 0 Å². The van der Waals surface area contributed by atoms with Crippen molar-refractivity contribution >= 4 is 29.3 Å². The van der Waals surface area contributed by atoms with Gasteiger partial charge in [0.1, 0.15) is 0 Å². The van der Waals surface area contributed by atoms with Crippen LogP contribution in [0.5, 0.6) is 0 Å². The summed E-state index contributed by atoms with van der Waals surface area (Å²) < 4.78 is 5.44. The first-order valence-electron chi connectivity index (χ1n) is 9.91. The van der Waals surface area contributed by atoms with Crippen molar-refractivity contribution in [2.24, 2.45) is 0 Å². The fraction of sp³-hybridized carbons (Fsp3) is 0.364. The number of hydrogen-bond donors (Lipinski definition) is 2. The predicted molar refractivity (Wildman–Crippen MR) is 114 cm³/mol. The van der Waals surface area contributed by atoms with Crippen LogP contribution in [-0.2, 0) is 9.53 Å². The van der Waals surface area contributed by atoms with Gasteiger partial charge in [0.2, 0.25) is 5.91 Å². The largest absolute Gasteiger partial charge is 0.379 e. The Morgan fingerprint density at radius 3 is 2.76 bits per heavy atom. The molecule has 0 saturated carbocycles. The summed E-state index contributed by atoms with van der Waals surface area (Å²) in [6.45, 7) is 3.90. The molecular formula is C22H25N3O3S. The van der Waals surface area contributed by atoms with Crippen molar-refractivity contribution in [3.8, 4) is 0 Å². The number of rotatable bonds is 5. The van der Waals surface area contributed by atoms with Gasteiger partial charge in [0.25, 0.3) is 5.91 Å². The maximum Gasteiger partial charge on any atom is 0.251 e. The number of morpholine rings is 1. The highest BCUT2D eigenvalue weighted by Gasteiger charge is 2.22. The Labute approximate surface area is 175 Å². The number of carbonyl (C=O) groups is 2. The molecule has 0 radical (unpaired) electrons. The van der Waals surface area contributed by atoms with Crippen molar-refractivity contribution in [2.75, 3.05) is 43.9 Å². The third-order valence-electron chi connectivity index (χ3n) is 5.15. The van der Waals surface area contributed by atoms with Crippen molar-refractivity contribution in [3.05, 3.63) is 59.7 Å². The predicted octanol–water partition coefficient (Wildman–Crippen LogP) is 2.92. The van der Waals surface area contributed by atoms with E-state index in [0.717, 1.165) is 54.7 Å². The van der Waals surface area contributed by atoms with Gasteiger partial charge in [0.05, 0.1) is 24.9 Å². The quantitative estimate of drug-likeness (QED) is 0.792. The van der Waals surface area contributed by atoms with Gasteiger partial charge in [-0.05, 0) is 23.8 Å². The van der Waals surface area contributed by atoms with Crippen LogP contribution in [0.4, 0.5) is 5.69 Å². The minimum Gasteiger partial charge on any atom is -0.379 e. The van der Waals surface area contributed by atoms with E-state index in [0.29, 0.717) is 12.0 Å². The Balaban J connectivity index is 1.52. The number of benzene rings is 2. The van der Waals surface area contributed by atoms with E-state index in [4.69, 9.17) is 4.74 Å². The Morgan fingerprint density at radius 1 is 1.17 bits per heavy atom. The highest BCUT2D eigenvalue weighted by molar-refractivity contribution is 7.99. The Bertz CT molecular complexity index is 869. The number of nitrogens with one attached hydrogen (secondary N) is 2. The molecule has 2 N–H and O–H groups in total. The van der Waals surface area contributed by atoms with Gasteiger partial charge in [-0.3, -0.25) is 14.5 Å². The normalized spacial score (nSPS) is 18.3. The second-order valence-electron chi connectivity index (χ2n) is 7.21. The van der Waals surface area contributed by atoms with Crippen LogP contribution in [0.15, 0.2) is 53.4 Å². The summed E-state index contributed by atoms with van der Waals surface area (Å²) >= 11 is 1.63. The number of amides is 2. The van der Waals surface area contributed by atoms with Gasteiger partial charge in [0, 0.05) is 42.3 Å². The molecule has 1 fully saturated rings. The average Bonchev–Trinajstić information content (AvgIpc) is 2.94. The van der Waals surface area contributed by atoms with Gasteiger partial charge in [-0.25, -0.2) is 0 Å². The zero-order valence-corrected chi connectivity index (χ0v) is 17.0. The summed E-state index contributed by atoms with van der Waals surface area (Å²) in [4.78, 5) is 28.2. The second-order valence-corrected chi connectivity index (χ2v) is 8.34. The number of fused-ring (bicyclic) bond motifs is 1. The highest BCUT2D eigenvalue weighted by Crippen LogP contribution is 2.31. The highest BCUT2D eigenvalue weighted by atomic mass is 32.2. The lowest BCUT2D eigenvalue weighted by Gasteiger charge is -2.31. The molecule has 2 aromatic carbocycles. The monoisotopic (exact) mass is 411 g/mol. The van der Waals surface area contributed by atoms with E-state index in [1.165, 1.54) is 0 Å². The van der Waals surface area contributed by atoms with Crippen molar-refractivity contribution < 1.29 is 14.3 Å². The molecule has 0 unspecified atom stereocenters. The van der Waals surface area contributed by atoms with Crippen LogP contribution in [0.2, 0.25) is 0 Å². The molecule has 1 saturated heterocycles. The van der Waals surface area contributed by atoms with Gasteiger partial charge in [-0.2, -0.15) is 0 Å². The maximum absolute atomic E-state index is 13.0. The molecule has 2 aliphatic rings. The van der Waals surface area contributed by atoms with E-state index in [1.54, 1.807) is 17.8 Å². The first-order valence-corrected chi connectivity index (χ1v) is 10.9. The summed E-state index contributed by atoms with van der Waals surface area (Å²) in [7, 11) is 0. The zero-order chi connectivity index (χ0) is 20.1. The van der Waals surface area contributed by atoms with E-state index >= 15 is 0 Å². The van der Waals surface area contributed by atoms with Gasteiger partial charge in [-0.1, -0.05) is 30.3 Å². The molecule has 152 valence electrons. The fourth-order valence-electron chi connectivity index (χ4n) is 3.56. The van der Waals surface area contributed by atoms with E-state index in [9.17, 15) is 9.59 Å². The number of ether oxygens (including phenoxy) is 1. The standard InChI is InChI=1S/C22H25N3O3S/c26-21-8-13-29-20-7-6-17(14-18(20)23-21)22(27)24-19(16-4-2-1-3-5-16)15-25-9-11-28-12-10-25/h1-7,14,19H,8-13,15H2,(H,23,26)(H,24,27)/t19-/m1/s1. The summed E-state index contributed by atoms with van der Waals surface area (Å²) in [6.07, 6.45) is 0.483. The van der Waals surface area contributed by atoms with Crippen LogP contribution in [-0.4, -0.2) is 55.3 Å². The summed E-state index contributed by atoms with van der Waals surface area (Å²) in [5.74, 6) is 0.599. The molecule has 2 aromatic rings. The average molecular weight is 412 g/mol. The van der Waals surface area contributed by atoms with E-state index in [1.807, 2.05) is 42.5 Å². The van der Waals surface area contributed by atoms with Crippen LogP contribution in [0.25, 0.3) is 0 Å². The molecule has 2 aliphatic heterocycles. The minimum absolute atomic E-state index is 0.0108. The molecule has 1 atom stereocenters. The molecule has 0 spiro atoms. The lowest BCUT2D eigenvalue weighted by molar-refractivity contribution is -0.115. The van der Waals surface area contributed by atoms with Gasteiger partial charge in [0.15, 0.2) is 0 Å². The topological polar surface area (TPSA) is 70.7 Å². The molecule has 7 heteroatoms. The Hall–Kier alpha value is -2.35. The first-order chi connectivity index (χ1) is 14.2. The van der Waals surface area contributed by atoms with E-state index in [2.05, 4.69) is 15.5 Å². The molecule has 2 amide bonds. The minimum atomic E-state index is -0.140. The Kier molecular flexibility index (Phi) is 6.49. The zero-order valence-electron chi connectivity index (χ0n) is 16.2. The van der Waals surface area contributed by atoms with E-state index in [-0.39, 0.29) is 17.9 Å². The van der Waals surface area contributed by atoms with Crippen LogP contribution in [0.1, 0.15) is 28.4 Å². The number of anilines is 1. The third kappa shape index (κ3) is 5.18. The van der Waals surface area contributed by atoms with Crippen LogP contribution in [0, 0.1) is 0 Å². The summed E-state index contributed by atoms with van der Waals surface area (Å²) in [5, 5.41) is 6.10. The fourth-order valence-corrected chi connectivity index (χ4v) is 4.50. The van der Waals surface area contributed by atoms with Gasteiger partial charge in [-0.15, -0.1) is 11.8 Å². The smallest absolute Gasteiger partial charge is 0.251 e. The number of thioether (sulfide) groups is 1. The second kappa shape index (κ2) is 9.43. The number of carbonyl (C=O) groups excluding carboxylic acids is 2. The molecular weight excluding hydrogens is 386 g/mol. The van der Waals surface area contributed by atoms with E-state index < -0.39 is 0 Å². The van der Waals surface area contributed by atoms with Gasteiger partial charge >= 0.3 is 0 Å². The van der Waals surface area contributed by atoms with Crippen molar-refractivity contribution in [2.45, 2.75) is 17.4 Å². The Morgan fingerprint density at radius 2 is 1.97 bits per heavy atom. The summed E-state index contributed by atoms with van der Waals surface area (Å²) in [5.41, 5.74) is 2.34. The molecule has 0 aromatic heterocycles. The van der Waals surface area contributed by atoms with Gasteiger partial charge < -0.3 is 15.4 Å². The molecule has 6 nitrogen and oxygen atoms in total. The third-order valence-corrected chi connectivity index (χ3v) is 6.23. The molecule has 0 aliphatic carbocycles. The van der Waals surface area contributed by atoms with Crippen LogP contribution >= 0.6 is 11.8 Å². The van der Waals surface area contributed by atoms with Crippen molar-refractivity contribution in [1.82, 2.24) is 10.2 Å². The lowest BCUT2D eigenvalue weighted by Crippen LogP contribution is -2.43. The SMILES string of the molecule is O=C1CCSc2ccc(C(=O)N[C@H](CN3CCOCC3)c3ccccc3)cc2N1. The number of nitrogens with zero attached hydrogens (tertiary/aromatic N) is 1. The summed E-state index contributed by atoms with van der Waals surface area (Å²) in [6, 6.07) is 15.4. The first kappa shape index (κ1) is 19.9. The molecule has 2 heterocycles. The number of hydrogen-bond acceptors (Lipinski definition) is 5. The molecule has 4 rings (SSSR count). The van der Waals surface area contributed by atoms with Crippen LogP contribution < -0.4 is 10.6 Å². The van der Waals surface area contributed by atoms with Crippen molar-refractivity contribution in [3.63, 3.8) is 0 Å². The van der Waals surface area contributed by atoms with Crippen molar-refractivity contribution in [1.29, 1.82) is 0 Å². The lowest BCUT2D eigenvalue weighted by atomic mass is 10.0. The maximum atomic E-state index is 13.0. The molecule has 29 heavy (non-hydrogen) atoms. The molecule has 0 bridgehead atoms.